The van der Waals surface area contributed by atoms with Gasteiger partial charge in [0.25, 0.3) is 5.91 Å². The number of imidazole rings is 1. The fraction of sp³-hybridized carbons (Fsp3) is 0.333. The number of rotatable bonds is 6. The van der Waals surface area contributed by atoms with Crippen LogP contribution in [0.1, 0.15) is 28.1 Å². The Bertz CT molecular complexity index is 623. The molecule has 21 heavy (non-hydrogen) atoms. The van der Waals surface area contributed by atoms with Gasteiger partial charge in [0.15, 0.2) is 0 Å². The van der Waals surface area contributed by atoms with Crippen molar-refractivity contribution in [3.05, 3.63) is 40.6 Å². The number of hydrogen-bond donors (Lipinski definition) is 2. The second-order valence-corrected chi connectivity index (χ2v) is 5.26. The van der Waals surface area contributed by atoms with Crippen molar-refractivity contribution < 1.29 is 9.90 Å². The second-order valence-electron chi connectivity index (χ2n) is 4.35. The van der Waals surface area contributed by atoms with Crippen LogP contribution in [0.25, 0.3) is 0 Å². The first-order valence-corrected chi connectivity index (χ1v) is 7.60. The number of nitrogens with zero attached hydrogens (tertiary/aromatic N) is 2. The largest absolute Gasteiger partial charge is 0.395 e. The minimum atomic E-state index is -0.0936. The number of aliphatic hydroxyl groups is 1. The number of thiophene rings is 1. The van der Waals surface area contributed by atoms with E-state index >= 15 is 0 Å². The molecule has 0 unspecified atom stereocenters. The van der Waals surface area contributed by atoms with E-state index in [1.807, 2.05) is 22.2 Å². The highest BCUT2D eigenvalue weighted by molar-refractivity contribution is 7.12. The van der Waals surface area contributed by atoms with E-state index in [4.69, 9.17) is 5.11 Å². The summed E-state index contributed by atoms with van der Waals surface area (Å²) in [6, 6.07) is 1.83. The van der Waals surface area contributed by atoms with Gasteiger partial charge in [-0.05, 0) is 17.9 Å². The van der Waals surface area contributed by atoms with Gasteiger partial charge in [0.1, 0.15) is 4.88 Å². The first-order chi connectivity index (χ1) is 10.3. The smallest absolute Gasteiger partial charge is 0.262 e. The van der Waals surface area contributed by atoms with Gasteiger partial charge < -0.3 is 15.0 Å². The van der Waals surface area contributed by atoms with E-state index in [1.54, 1.807) is 12.5 Å². The molecule has 2 rings (SSSR count). The molecule has 1 amide bonds. The van der Waals surface area contributed by atoms with Crippen molar-refractivity contribution in [1.82, 2.24) is 14.9 Å². The molecule has 5 nitrogen and oxygen atoms in total. The predicted molar refractivity (Wildman–Crippen MR) is 82.1 cm³/mol. The van der Waals surface area contributed by atoms with Gasteiger partial charge in [-0.25, -0.2) is 4.98 Å². The van der Waals surface area contributed by atoms with Crippen LogP contribution in [0.4, 0.5) is 0 Å². The van der Waals surface area contributed by atoms with Crippen LogP contribution in [0.3, 0.4) is 0 Å². The molecule has 2 aromatic heterocycles. The highest BCUT2D eigenvalue weighted by atomic mass is 32.1. The van der Waals surface area contributed by atoms with Gasteiger partial charge in [-0.1, -0.05) is 11.8 Å². The lowest BCUT2D eigenvalue weighted by Gasteiger charge is -2.05. The zero-order valence-corrected chi connectivity index (χ0v) is 12.4. The average molecular weight is 303 g/mol. The number of nitrogens with one attached hydrogen (secondary N) is 1. The Kier molecular flexibility index (Phi) is 6.00. The molecule has 6 heteroatoms. The Morgan fingerprint density at radius 3 is 3.19 bits per heavy atom. The SMILES string of the molecule is O=C(NCCCn1ccnc1)c1sccc1C#CCCO. The van der Waals surface area contributed by atoms with E-state index in [-0.39, 0.29) is 12.5 Å². The number of aliphatic hydroxyl groups excluding tert-OH is 1. The standard InChI is InChI=1S/C15H17N3O2S/c19-10-2-1-4-13-5-11-21-14(13)15(20)17-6-3-8-18-9-7-16-12-18/h5,7,9,11-12,19H,2-3,6,8,10H2,(H,17,20). The van der Waals surface area contributed by atoms with E-state index in [0.29, 0.717) is 17.8 Å². The molecule has 2 aromatic rings. The third-order valence-corrected chi connectivity index (χ3v) is 3.68. The molecule has 0 bridgehead atoms. The maximum Gasteiger partial charge on any atom is 0.262 e. The summed E-state index contributed by atoms with van der Waals surface area (Å²) in [5.41, 5.74) is 0.723. The minimum absolute atomic E-state index is 0.0346. The van der Waals surface area contributed by atoms with Crippen LogP contribution >= 0.6 is 11.3 Å². The van der Waals surface area contributed by atoms with E-state index < -0.39 is 0 Å². The summed E-state index contributed by atoms with van der Waals surface area (Å²) < 4.78 is 1.98. The van der Waals surface area contributed by atoms with Crippen LogP contribution in [0.5, 0.6) is 0 Å². The van der Waals surface area contributed by atoms with Crippen LogP contribution in [0.15, 0.2) is 30.2 Å². The normalized spacial score (nSPS) is 9.95. The van der Waals surface area contributed by atoms with Gasteiger partial charge in [0.2, 0.25) is 0 Å². The second kappa shape index (κ2) is 8.25. The quantitative estimate of drug-likeness (QED) is 0.628. The molecule has 0 aliphatic carbocycles. The van der Waals surface area contributed by atoms with Crippen LogP contribution in [0, 0.1) is 11.8 Å². The van der Waals surface area contributed by atoms with Gasteiger partial charge in [0, 0.05) is 37.5 Å². The van der Waals surface area contributed by atoms with Crippen molar-refractivity contribution in [2.45, 2.75) is 19.4 Å². The zero-order valence-electron chi connectivity index (χ0n) is 11.6. The summed E-state index contributed by atoms with van der Waals surface area (Å²) in [7, 11) is 0. The predicted octanol–water partition coefficient (Wildman–Crippen LogP) is 1.50. The van der Waals surface area contributed by atoms with Crippen molar-refractivity contribution in [2.75, 3.05) is 13.2 Å². The van der Waals surface area contributed by atoms with E-state index in [1.165, 1.54) is 11.3 Å². The summed E-state index contributed by atoms with van der Waals surface area (Å²) in [5, 5.41) is 13.5. The minimum Gasteiger partial charge on any atom is -0.395 e. The number of carbonyl (C=O) groups is 1. The van der Waals surface area contributed by atoms with E-state index in [9.17, 15) is 4.79 Å². The molecule has 0 aliphatic rings. The molecule has 0 aromatic carbocycles. The van der Waals surface area contributed by atoms with Crippen LogP contribution in [-0.2, 0) is 6.54 Å². The lowest BCUT2D eigenvalue weighted by atomic mass is 10.2. The molecular weight excluding hydrogens is 286 g/mol. The van der Waals surface area contributed by atoms with Crippen molar-refractivity contribution in [1.29, 1.82) is 0 Å². The van der Waals surface area contributed by atoms with Crippen LogP contribution in [-0.4, -0.2) is 33.7 Å². The fourth-order valence-corrected chi connectivity index (χ4v) is 2.53. The summed E-state index contributed by atoms with van der Waals surface area (Å²) in [6.45, 7) is 1.47. The van der Waals surface area contributed by atoms with Gasteiger partial charge in [0.05, 0.1) is 12.9 Å². The van der Waals surface area contributed by atoms with Crippen molar-refractivity contribution in [2.24, 2.45) is 0 Å². The number of hydrogen-bond acceptors (Lipinski definition) is 4. The lowest BCUT2D eigenvalue weighted by Crippen LogP contribution is -2.25. The number of amides is 1. The topological polar surface area (TPSA) is 67.2 Å². The van der Waals surface area contributed by atoms with Gasteiger partial charge >= 0.3 is 0 Å². The fourth-order valence-electron chi connectivity index (χ4n) is 1.76. The highest BCUT2D eigenvalue weighted by Gasteiger charge is 2.10. The molecule has 0 fully saturated rings. The van der Waals surface area contributed by atoms with Crippen molar-refractivity contribution in [3.8, 4) is 11.8 Å². The Morgan fingerprint density at radius 2 is 2.43 bits per heavy atom. The average Bonchev–Trinajstić information content (AvgIpc) is 3.15. The molecular formula is C15H17N3O2S. The number of aromatic nitrogens is 2. The molecule has 0 spiro atoms. The van der Waals surface area contributed by atoms with Gasteiger partial charge in [-0.15, -0.1) is 11.3 Å². The Hall–Kier alpha value is -2.10. The van der Waals surface area contributed by atoms with Crippen molar-refractivity contribution in [3.63, 3.8) is 0 Å². The molecule has 0 radical (unpaired) electrons. The summed E-state index contributed by atoms with van der Waals surface area (Å²) in [4.78, 5) is 16.7. The highest BCUT2D eigenvalue weighted by Crippen LogP contribution is 2.15. The lowest BCUT2D eigenvalue weighted by molar-refractivity contribution is 0.0956. The molecule has 0 saturated carbocycles. The number of aryl methyl sites for hydroxylation is 1. The van der Waals surface area contributed by atoms with Crippen molar-refractivity contribution >= 4 is 17.2 Å². The monoisotopic (exact) mass is 303 g/mol. The molecule has 0 saturated heterocycles. The summed E-state index contributed by atoms with van der Waals surface area (Å²) in [5.74, 6) is 5.66. The molecule has 0 aliphatic heterocycles. The maximum absolute atomic E-state index is 12.1. The Morgan fingerprint density at radius 1 is 1.52 bits per heavy atom. The zero-order chi connectivity index (χ0) is 14.9. The summed E-state index contributed by atoms with van der Waals surface area (Å²) in [6.07, 6.45) is 6.66. The molecule has 110 valence electrons. The molecule has 0 atom stereocenters. The third kappa shape index (κ3) is 4.74. The van der Waals surface area contributed by atoms with Crippen LogP contribution < -0.4 is 5.32 Å². The van der Waals surface area contributed by atoms with Crippen LogP contribution in [0.2, 0.25) is 0 Å². The summed E-state index contributed by atoms with van der Waals surface area (Å²) >= 11 is 1.38. The Balaban J connectivity index is 1.81. The number of carbonyl (C=O) groups excluding carboxylic acids is 1. The Labute approximate surface area is 127 Å². The maximum atomic E-state index is 12.1. The molecule has 2 N–H and O–H groups in total. The van der Waals surface area contributed by atoms with E-state index in [2.05, 4.69) is 22.1 Å². The van der Waals surface area contributed by atoms with Gasteiger partial charge in [-0.2, -0.15) is 0 Å². The third-order valence-electron chi connectivity index (χ3n) is 2.77. The first kappa shape index (κ1) is 15.3. The van der Waals surface area contributed by atoms with Gasteiger partial charge in [-0.3, -0.25) is 4.79 Å². The molecule has 2 heterocycles. The van der Waals surface area contributed by atoms with E-state index in [0.717, 1.165) is 18.5 Å². The first-order valence-electron chi connectivity index (χ1n) is 6.72.